The molecule has 1 unspecified atom stereocenters. The van der Waals surface area contributed by atoms with Crippen LogP contribution in [0, 0.1) is 0 Å². The second-order valence-electron chi connectivity index (χ2n) is 4.11. The fraction of sp³-hybridized carbons (Fsp3) is 0.308. The van der Waals surface area contributed by atoms with Crippen LogP contribution in [0.2, 0.25) is 5.02 Å². The van der Waals surface area contributed by atoms with Gasteiger partial charge < -0.3 is 20.5 Å². The zero-order chi connectivity index (χ0) is 15.8. The first-order valence-electron chi connectivity index (χ1n) is 6.05. The van der Waals surface area contributed by atoms with Crippen molar-refractivity contribution < 1.29 is 24.2 Å². The highest BCUT2D eigenvalue weighted by Gasteiger charge is 2.21. The van der Waals surface area contributed by atoms with Crippen molar-refractivity contribution >= 4 is 35.3 Å². The van der Waals surface area contributed by atoms with Gasteiger partial charge in [-0.2, -0.15) is 0 Å². The maximum atomic E-state index is 11.7. The number of carbonyl (C=O) groups is 3. The van der Waals surface area contributed by atoms with Gasteiger partial charge in [0.05, 0.1) is 7.11 Å². The highest BCUT2D eigenvalue weighted by molar-refractivity contribution is 6.30. The van der Waals surface area contributed by atoms with E-state index in [1.807, 2.05) is 0 Å². The molecule has 7 nitrogen and oxygen atoms in total. The van der Waals surface area contributed by atoms with Crippen LogP contribution in [-0.4, -0.2) is 36.2 Å². The Morgan fingerprint density at radius 1 is 1.38 bits per heavy atom. The second-order valence-corrected chi connectivity index (χ2v) is 4.55. The molecule has 3 N–H and O–H groups in total. The smallest absolute Gasteiger partial charge is 0.326 e. The van der Waals surface area contributed by atoms with E-state index in [1.165, 1.54) is 13.2 Å². The lowest BCUT2D eigenvalue weighted by Gasteiger charge is -2.14. The van der Waals surface area contributed by atoms with Crippen molar-refractivity contribution in [3.05, 3.63) is 29.3 Å². The van der Waals surface area contributed by atoms with E-state index < -0.39 is 24.0 Å². The van der Waals surface area contributed by atoms with Crippen molar-refractivity contribution in [3.63, 3.8) is 0 Å². The molecule has 0 bridgehead atoms. The Bertz CT molecular complexity index is 535. The van der Waals surface area contributed by atoms with Gasteiger partial charge in [-0.3, -0.25) is 4.79 Å². The number of urea groups is 1. The lowest BCUT2D eigenvalue weighted by atomic mass is 10.1. The molecule has 1 atom stereocenters. The van der Waals surface area contributed by atoms with E-state index in [-0.39, 0.29) is 12.8 Å². The quantitative estimate of drug-likeness (QED) is 0.695. The van der Waals surface area contributed by atoms with Gasteiger partial charge in [-0.05, 0) is 24.6 Å². The van der Waals surface area contributed by atoms with Crippen LogP contribution in [0.5, 0.6) is 0 Å². The number of carboxylic acid groups (broad SMARTS) is 1. The molecule has 8 heteroatoms. The van der Waals surface area contributed by atoms with E-state index >= 15 is 0 Å². The first kappa shape index (κ1) is 16.8. The predicted octanol–water partition coefficient (Wildman–Crippen LogP) is 1.87. The lowest BCUT2D eigenvalue weighted by molar-refractivity contribution is -0.142. The molecule has 0 spiro atoms. The number of aliphatic carboxylic acids is 1. The van der Waals surface area contributed by atoms with Crippen LogP contribution >= 0.6 is 11.6 Å². The Labute approximate surface area is 126 Å². The molecule has 1 aromatic carbocycles. The number of hydrogen-bond donors (Lipinski definition) is 3. The van der Waals surface area contributed by atoms with Gasteiger partial charge in [0.1, 0.15) is 6.04 Å². The molecule has 114 valence electrons. The molecule has 2 amide bonds. The summed E-state index contributed by atoms with van der Waals surface area (Å²) in [5.41, 5.74) is 0.428. The van der Waals surface area contributed by atoms with Crippen LogP contribution in [0.25, 0.3) is 0 Å². The SMILES string of the molecule is COC(=O)CCC(NC(=O)Nc1cccc(Cl)c1)C(=O)O. The minimum atomic E-state index is -1.24. The number of ether oxygens (including phenoxy) is 1. The first-order chi connectivity index (χ1) is 9.92. The molecule has 1 aromatic rings. The summed E-state index contributed by atoms with van der Waals surface area (Å²) in [7, 11) is 1.21. The lowest BCUT2D eigenvalue weighted by Crippen LogP contribution is -2.43. The van der Waals surface area contributed by atoms with Gasteiger partial charge in [-0.1, -0.05) is 17.7 Å². The van der Waals surface area contributed by atoms with Crippen molar-refractivity contribution in [1.29, 1.82) is 0 Å². The maximum Gasteiger partial charge on any atom is 0.326 e. The molecule has 0 aromatic heterocycles. The number of halogens is 1. The van der Waals surface area contributed by atoms with Crippen molar-refractivity contribution in [1.82, 2.24) is 5.32 Å². The van der Waals surface area contributed by atoms with Gasteiger partial charge in [0.25, 0.3) is 0 Å². The van der Waals surface area contributed by atoms with Gasteiger partial charge in [-0.25, -0.2) is 9.59 Å². The zero-order valence-corrected chi connectivity index (χ0v) is 12.0. The summed E-state index contributed by atoms with van der Waals surface area (Å²) in [6.07, 6.45) is -0.171. The molecule has 0 saturated heterocycles. The molecule has 0 radical (unpaired) electrons. The fourth-order valence-corrected chi connectivity index (χ4v) is 1.70. The number of carbonyl (C=O) groups excluding carboxylic acids is 2. The normalized spacial score (nSPS) is 11.3. The predicted molar refractivity (Wildman–Crippen MR) is 76.3 cm³/mol. The molecular weight excluding hydrogens is 300 g/mol. The number of methoxy groups -OCH3 is 1. The number of carboxylic acids is 1. The van der Waals surface area contributed by atoms with E-state index in [9.17, 15) is 14.4 Å². The average Bonchev–Trinajstić information content (AvgIpc) is 2.42. The molecule has 21 heavy (non-hydrogen) atoms. The summed E-state index contributed by atoms with van der Waals surface area (Å²) in [6, 6.07) is 4.52. The molecule has 0 aliphatic carbocycles. The third-order valence-corrected chi connectivity index (χ3v) is 2.79. The van der Waals surface area contributed by atoms with E-state index in [0.717, 1.165) is 0 Å². The van der Waals surface area contributed by atoms with Gasteiger partial charge in [0, 0.05) is 17.1 Å². The van der Waals surface area contributed by atoms with E-state index in [0.29, 0.717) is 10.7 Å². The van der Waals surface area contributed by atoms with Crippen LogP contribution in [0.1, 0.15) is 12.8 Å². The second kappa shape index (κ2) is 8.11. The zero-order valence-electron chi connectivity index (χ0n) is 11.3. The van der Waals surface area contributed by atoms with Crippen LogP contribution in [-0.2, 0) is 14.3 Å². The van der Waals surface area contributed by atoms with E-state index in [1.54, 1.807) is 18.2 Å². The Kier molecular flexibility index (Phi) is 6.48. The van der Waals surface area contributed by atoms with Gasteiger partial charge >= 0.3 is 18.0 Å². The number of amides is 2. The van der Waals surface area contributed by atoms with Crippen molar-refractivity contribution in [2.75, 3.05) is 12.4 Å². The summed E-state index contributed by atoms with van der Waals surface area (Å²) >= 11 is 5.77. The maximum absolute atomic E-state index is 11.7. The topological polar surface area (TPSA) is 105 Å². The van der Waals surface area contributed by atoms with E-state index in [2.05, 4.69) is 15.4 Å². The largest absolute Gasteiger partial charge is 0.480 e. The molecule has 0 aliphatic rings. The molecular formula is C13H15ClN2O5. The van der Waals surface area contributed by atoms with Crippen LogP contribution < -0.4 is 10.6 Å². The monoisotopic (exact) mass is 314 g/mol. The number of hydrogen-bond acceptors (Lipinski definition) is 4. The third-order valence-electron chi connectivity index (χ3n) is 2.55. The van der Waals surface area contributed by atoms with Crippen molar-refractivity contribution in [3.8, 4) is 0 Å². The van der Waals surface area contributed by atoms with Crippen LogP contribution in [0.15, 0.2) is 24.3 Å². The van der Waals surface area contributed by atoms with Crippen LogP contribution in [0.4, 0.5) is 10.5 Å². The molecule has 0 saturated carbocycles. The van der Waals surface area contributed by atoms with Gasteiger partial charge in [0.2, 0.25) is 0 Å². The molecule has 1 rings (SSSR count). The summed E-state index contributed by atoms with van der Waals surface area (Å²) < 4.78 is 4.42. The molecule has 0 fully saturated rings. The number of nitrogens with one attached hydrogen (secondary N) is 2. The van der Waals surface area contributed by atoms with Crippen LogP contribution in [0.3, 0.4) is 0 Å². The first-order valence-corrected chi connectivity index (χ1v) is 6.43. The number of benzene rings is 1. The summed E-state index contributed by atoms with van der Waals surface area (Å²) in [4.78, 5) is 33.7. The minimum Gasteiger partial charge on any atom is -0.480 e. The average molecular weight is 315 g/mol. The van der Waals surface area contributed by atoms with Crippen molar-refractivity contribution in [2.24, 2.45) is 0 Å². The van der Waals surface area contributed by atoms with Crippen molar-refractivity contribution in [2.45, 2.75) is 18.9 Å². The Balaban J connectivity index is 2.56. The Morgan fingerprint density at radius 2 is 2.10 bits per heavy atom. The van der Waals surface area contributed by atoms with Gasteiger partial charge in [-0.15, -0.1) is 0 Å². The molecule has 0 aliphatic heterocycles. The summed E-state index contributed by atoms with van der Waals surface area (Å²) in [5, 5.41) is 14.2. The fourth-order valence-electron chi connectivity index (χ4n) is 1.51. The molecule has 0 heterocycles. The summed E-state index contributed by atoms with van der Waals surface area (Å²) in [5.74, 6) is -1.78. The summed E-state index contributed by atoms with van der Waals surface area (Å²) in [6.45, 7) is 0. The Morgan fingerprint density at radius 3 is 2.67 bits per heavy atom. The number of esters is 1. The number of rotatable bonds is 6. The number of anilines is 1. The van der Waals surface area contributed by atoms with Gasteiger partial charge in [0.15, 0.2) is 0 Å². The Hall–Kier alpha value is -2.28. The standard InChI is InChI=1S/C13H15ClN2O5/c1-21-11(17)6-5-10(12(18)19)16-13(20)15-9-4-2-3-8(14)7-9/h2-4,7,10H,5-6H2,1H3,(H,18,19)(H2,15,16,20). The van der Waals surface area contributed by atoms with E-state index in [4.69, 9.17) is 16.7 Å². The highest BCUT2D eigenvalue weighted by Crippen LogP contribution is 2.14. The third kappa shape index (κ3) is 6.13. The highest BCUT2D eigenvalue weighted by atomic mass is 35.5. The minimum absolute atomic E-state index is 0.0645.